The molecule has 17 rings (SSSR count). The van der Waals surface area contributed by atoms with Crippen molar-refractivity contribution in [3.05, 3.63) is 174 Å². The van der Waals surface area contributed by atoms with Crippen molar-refractivity contribution in [2.75, 3.05) is 0 Å². The van der Waals surface area contributed by atoms with Crippen LogP contribution in [-0.2, 0) is 22.3 Å². The number of hydrogen-bond acceptors (Lipinski definition) is 6. The Kier molecular flexibility index (Phi) is 9.33. The van der Waals surface area contributed by atoms with E-state index in [2.05, 4.69) is 119 Å². The molecule has 366 valence electrons. The monoisotopic (exact) mass is 953 g/mol. The fourth-order valence-electron chi connectivity index (χ4n) is 17.8. The first-order valence-corrected chi connectivity index (χ1v) is 28.9. The second kappa shape index (κ2) is 16.0. The maximum Gasteiger partial charge on any atom is 0.143 e. The van der Waals surface area contributed by atoms with E-state index in [0.29, 0.717) is 53.6 Å². The van der Waals surface area contributed by atoms with Crippen molar-refractivity contribution in [3.63, 3.8) is 0 Å². The summed E-state index contributed by atoms with van der Waals surface area (Å²) >= 11 is 0. The highest BCUT2D eigenvalue weighted by Gasteiger charge is 2.51. The van der Waals surface area contributed by atoms with Crippen LogP contribution < -0.4 is 21.3 Å². The maximum absolute atomic E-state index is 7.26. The number of furan rings is 2. The van der Waals surface area contributed by atoms with Gasteiger partial charge in [-0.05, 0) is 174 Å². The molecule has 72 heavy (non-hydrogen) atoms. The molecule has 14 unspecified atom stereocenters. The van der Waals surface area contributed by atoms with Gasteiger partial charge in [0.05, 0.1) is 23.9 Å². The lowest BCUT2D eigenvalue weighted by molar-refractivity contribution is 0.0408. The third-order valence-electron chi connectivity index (χ3n) is 20.8. The van der Waals surface area contributed by atoms with Crippen LogP contribution in [0.3, 0.4) is 0 Å². The molecule has 6 nitrogen and oxygen atoms in total. The summed E-state index contributed by atoms with van der Waals surface area (Å²) in [7, 11) is 0. The molecule has 0 radical (unpaired) electrons. The number of hydrogen-bond donors (Lipinski definition) is 0. The SMILES string of the molecule is C1=CC2=C(CC1)N(C1=CCCC3=C1OC1C=c4c5c(oc4=CC31)C(C1C=CC(C3C=CCC4C6C=c7oc8c(c7=CC6OC34)CCCC8N3C4=C(C=CCC4)C4C=CCCC43)=CC1)CCC5)C1CCC=CC21. The summed E-state index contributed by atoms with van der Waals surface area (Å²) in [5, 5.41) is 2.67. The molecule has 2 aromatic rings. The highest BCUT2D eigenvalue weighted by Crippen LogP contribution is 2.54. The Morgan fingerprint density at radius 2 is 1.31 bits per heavy atom. The molecule has 0 amide bonds. The molecular weight excluding hydrogens is 885 g/mol. The molecule has 4 aliphatic heterocycles. The van der Waals surface area contributed by atoms with E-state index in [1.165, 1.54) is 101 Å². The van der Waals surface area contributed by atoms with Gasteiger partial charge in [0.2, 0.25) is 0 Å². The second-order valence-electron chi connectivity index (χ2n) is 24.2. The first-order valence-electron chi connectivity index (χ1n) is 28.9. The van der Waals surface area contributed by atoms with E-state index in [4.69, 9.17) is 18.3 Å². The number of ether oxygens (including phenoxy) is 2. The van der Waals surface area contributed by atoms with Crippen molar-refractivity contribution < 1.29 is 18.3 Å². The molecule has 15 aliphatic rings. The summed E-state index contributed by atoms with van der Waals surface area (Å²) in [6.45, 7) is 0. The van der Waals surface area contributed by atoms with Crippen molar-refractivity contribution in [1.29, 1.82) is 0 Å². The Bertz CT molecular complexity index is 3350. The van der Waals surface area contributed by atoms with E-state index in [1.54, 1.807) is 22.5 Å². The van der Waals surface area contributed by atoms with E-state index in [0.717, 1.165) is 81.5 Å². The van der Waals surface area contributed by atoms with E-state index in [1.807, 2.05) is 0 Å². The predicted octanol–water partition coefficient (Wildman–Crippen LogP) is 11.1. The minimum Gasteiger partial charge on any atom is -0.483 e. The van der Waals surface area contributed by atoms with Gasteiger partial charge < -0.3 is 28.1 Å². The number of fused-ring (bicyclic) bond motifs is 15. The van der Waals surface area contributed by atoms with Crippen molar-refractivity contribution in [2.45, 2.75) is 158 Å². The predicted molar refractivity (Wildman–Crippen MR) is 282 cm³/mol. The Morgan fingerprint density at radius 1 is 0.556 bits per heavy atom. The van der Waals surface area contributed by atoms with Gasteiger partial charge in [-0.3, -0.25) is 0 Å². The standard InChI is InChI=1S/C66H68N2O4/c1-5-23-53-41(13-1)42-14-2-6-24-54(42)67(53)57-27-11-21-47-51-35-59-49(33-61(51)71-65(47)57)45-19-9-17-39(63(45)69-59)37-29-31-38(32-30-37)40-18-10-20-46-50-34-62-52(36-60(50)70-64(40)46)48-22-12-28-58(66(48)72-62)68-55-25-7-3-15-43(55)44-16-4-8-26-56(44)68/h1-4,9,13-17,28-31,33-36,38-41,43,45,49,52-53,55,57,59,62-63H,5-8,10-12,18-27,32H2. The second-order valence-corrected chi connectivity index (χ2v) is 24.2. The third kappa shape index (κ3) is 5.99. The highest BCUT2D eigenvalue weighted by molar-refractivity contribution is 5.58. The van der Waals surface area contributed by atoms with Crippen LogP contribution in [0.2, 0.25) is 0 Å². The van der Waals surface area contributed by atoms with Gasteiger partial charge in [0.25, 0.3) is 0 Å². The topological polar surface area (TPSA) is 51.2 Å². The molecule has 0 spiro atoms. The zero-order valence-electron chi connectivity index (χ0n) is 41.7. The lowest BCUT2D eigenvalue weighted by Gasteiger charge is -2.40. The molecule has 1 saturated heterocycles. The Labute approximate surface area is 424 Å². The van der Waals surface area contributed by atoms with E-state index in [9.17, 15) is 0 Å². The van der Waals surface area contributed by atoms with Gasteiger partial charge in [-0.1, -0.05) is 85.1 Å². The van der Waals surface area contributed by atoms with Crippen LogP contribution in [-0.4, -0.2) is 40.2 Å². The molecule has 0 bridgehead atoms. The Balaban J connectivity index is 0.613. The minimum absolute atomic E-state index is 0.0429. The fraction of sp³-hybridized carbons (Fsp3) is 0.485. The van der Waals surface area contributed by atoms with E-state index >= 15 is 0 Å². The quantitative estimate of drug-likeness (QED) is 0.285. The summed E-state index contributed by atoms with van der Waals surface area (Å²) in [4.78, 5) is 5.60. The fourth-order valence-corrected chi connectivity index (χ4v) is 17.8. The molecule has 1 fully saturated rings. The van der Waals surface area contributed by atoms with Gasteiger partial charge in [-0.25, -0.2) is 0 Å². The van der Waals surface area contributed by atoms with Crippen molar-refractivity contribution in [1.82, 2.24) is 9.80 Å². The number of rotatable bonds is 4. The van der Waals surface area contributed by atoms with Crippen LogP contribution in [0.25, 0.3) is 24.3 Å². The molecule has 11 aliphatic carbocycles. The van der Waals surface area contributed by atoms with E-state index < -0.39 is 0 Å². The largest absolute Gasteiger partial charge is 0.483 e. The molecule has 2 aromatic heterocycles. The van der Waals surface area contributed by atoms with Gasteiger partial charge in [0, 0.05) is 80.5 Å². The summed E-state index contributed by atoms with van der Waals surface area (Å²) < 4.78 is 28.7. The zero-order valence-corrected chi connectivity index (χ0v) is 41.7. The van der Waals surface area contributed by atoms with Crippen LogP contribution in [0.1, 0.15) is 137 Å². The average molecular weight is 953 g/mol. The molecule has 0 aromatic carbocycles. The molecule has 0 N–H and O–H groups in total. The number of nitrogens with zero attached hydrogens (tertiary/aromatic N) is 2. The Morgan fingerprint density at radius 3 is 2.17 bits per heavy atom. The van der Waals surface area contributed by atoms with Gasteiger partial charge in [-0.15, -0.1) is 0 Å². The van der Waals surface area contributed by atoms with Gasteiger partial charge >= 0.3 is 0 Å². The molecular formula is C66H68N2O4. The summed E-state index contributed by atoms with van der Waals surface area (Å²) in [5.74, 6) is 6.87. The lowest BCUT2D eigenvalue weighted by atomic mass is 9.71. The van der Waals surface area contributed by atoms with Crippen molar-refractivity contribution in [2.24, 2.45) is 41.4 Å². The Hall–Kier alpha value is -5.46. The number of allylic oxidation sites excluding steroid dienone is 13. The smallest absolute Gasteiger partial charge is 0.143 e. The molecule has 6 heteroatoms. The maximum atomic E-state index is 7.26. The zero-order chi connectivity index (χ0) is 46.8. The van der Waals surface area contributed by atoms with Crippen LogP contribution in [0.4, 0.5) is 0 Å². The molecule has 14 atom stereocenters. The normalized spacial score (nSPS) is 38.8. The van der Waals surface area contributed by atoms with Crippen molar-refractivity contribution >= 4 is 24.3 Å². The molecule has 6 heterocycles. The minimum atomic E-state index is 0.0429. The first kappa shape index (κ1) is 42.0. The lowest BCUT2D eigenvalue weighted by Crippen LogP contribution is -2.39. The summed E-state index contributed by atoms with van der Waals surface area (Å²) in [5.41, 5.74) is 15.7. The third-order valence-corrected chi connectivity index (χ3v) is 20.8. The van der Waals surface area contributed by atoms with Crippen molar-refractivity contribution in [3.8, 4) is 0 Å². The van der Waals surface area contributed by atoms with Crippen LogP contribution in [0.15, 0.2) is 139 Å². The van der Waals surface area contributed by atoms with Crippen LogP contribution >= 0.6 is 0 Å². The van der Waals surface area contributed by atoms with Gasteiger partial charge in [-0.2, -0.15) is 0 Å². The summed E-state index contributed by atoms with van der Waals surface area (Å²) in [6, 6.07) is 1.40. The average Bonchev–Trinajstić information content (AvgIpc) is 4.29. The van der Waals surface area contributed by atoms with Gasteiger partial charge in [0.15, 0.2) is 0 Å². The first-order chi connectivity index (χ1) is 35.7. The van der Waals surface area contributed by atoms with Crippen LogP contribution in [0.5, 0.6) is 0 Å². The summed E-state index contributed by atoms with van der Waals surface area (Å²) in [6.07, 6.45) is 65.4. The molecule has 0 saturated carbocycles. The highest BCUT2D eigenvalue weighted by atomic mass is 16.5. The van der Waals surface area contributed by atoms with E-state index in [-0.39, 0.29) is 30.1 Å². The van der Waals surface area contributed by atoms with Gasteiger partial charge in [0.1, 0.15) is 34.2 Å². The van der Waals surface area contributed by atoms with Crippen LogP contribution in [0, 0.1) is 41.4 Å².